The second-order valence-corrected chi connectivity index (χ2v) is 3.96. The van der Waals surface area contributed by atoms with Crippen LogP contribution in [0, 0.1) is 6.92 Å². The van der Waals surface area contributed by atoms with E-state index in [4.69, 9.17) is 4.74 Å². The van der Waals surface area contributed by atoms with Crippen LogP contribution in [0.2, 0.25) is 0 Å². The molecule has 0 N–H and O–H groups in total. The van der Waals surface area contributed by atoms with Gasteiger partial charge in [0.1, 0.15) is 0 Å². The number of esters is 1. The summed E-state index contributed by atoms with van der Waals surface area (Å²) in [5.41, 5.74) is 1.56. The molecule has 0 heterocycles. The fraction of sp³-hybridized carbons (Fsp3) is 0.357. The summed E-state index contributed by atoms with van der Waals surface area (Å²) < 4.78 is 41.0. The van der Waals surface area contributed by atoms with Gasteiger partial charge in [0.15, 0.2) is 0 Å². The molecule has 0 fully saturated rings. The minimum absolute atomic E-state index is 0.256. The molecule has 2 nitrogen and oxygen atoms in total. The summed E-state index contributed by atoms with van der Waals surface area (Å²) in [6.07, 6.45) is -2.80. The number of hydrogen-bond donors (Lipinski definition) is 0. The Labute approximate surface area is 109 Å². The molecule has 0 aromatic heterocycles. The first-order chi connectivity index (χ1) is 8.85. The van der Waals surface area contributed by atoms with Gasteiger partial charge in [0.05, 0.1) is 18.6 Å². The van der Waals surface area contributed by atoms with Gasteiger partial charge < -0.3 is 4.74 Å². The molecule has 0 unspecified atom stereocenters. The number of halogens is 3. The Balaban J connectivity index is 2.92. The standard InChI is InChI=1S/C14H15F3O2/c1-3-19-13(18)12-8-4-6-11(10(12)2)7-5-9-14(15,16)17/h4-8H,3,9H2,1-2H3/b7-5+. The maximum Gasteiger partial charge on any atom is 0.392 e. The van der Waals surface area contributed by atoms with Crippen molar-refractivity contribution in [1.82, 2.24) is 0 Å². The summed E-state index contributed by atoms with van der Waals surface area (Å²) in [6.45, 7) is 3.63. The van der Waals surface area contributed by atoms with Crippen LogP contribution in [0.4, 0.5) is 13.2 Å². The third kappa shape index (κ3) is 4.77. The number of rotatable bonds is 4. The quantitative estimate of drug-likeness (QED) is 0.770. The summed E-state index contributed by atoms with van der Waals surface area (Å²) in [6, 6.07) is 4.87. The summed E-state index contributed by atoms with van der Waals surface area (Å²) in [5.74, 6) is -0.467. The van der Waals surface area contributed by atoms with E-state index in [1.807, 2.05) is 0 Å². The van der Waals surface area contributed by atoms with Crippen LogP contribution in [-0.4, -0.2) is 18.8 Å². The van der Waals surface area contributed by atoms with Crippen LogP contribution >= 0.6 is 0 Å². The Morgan fingerprint density at radius 2 is 2.05 bits per heavy atom. The first kappa shape index (κ1) is 15.3. The highest BCUT2D eigenvalue weighted by atomic mass is 19.4. The van der Waals surface area contributed by atoms with Crippen LogP contribution in [0.15, 0.2) is 24.3 Å². The van der Waals surface area contributed by atoms with E-state index in [0.29, 0.717) is 16.7 Å². The first-order valence-corrected chi connectivity index (χ1v) is 5.85. The molecule has 0 aliphatic carbocycles. The molecule has 0 atom stereocenters. The lowest BCUT2D eigenvalue weighted by atomic mass is 10.0. The second kappa shape index (κ2) is 6.41. The Kier molecular flexibility index (Phi) is 5.15. The first-order valence-electron chi connectivity index (χ1n) is 5.85. The van der Waals surface area contributed by atoms with Gasteiger partial charge in [0, 0.05) is 0 Å². The molecule has 0 bridgehead atoms. The number of allylic oxidation sites excluding steroid dienone is 1. The van der Waals surface area contributed by atoms with Gasteiger partial charge in [-0.15, -0.1) is 0 Å². The van der Waals surface area contributed by atoms with Crippen molar-refractivity contribution >= 4 is 12.0 Å². The van der Waals surface area contributed by atoms with E-state index in [2.05, 4.69) is 0 Å². The largest absolute Gasteiger partial charge is 0.462 e. The summed E-state index contributed by atoms with van der Waals surface area (Å²) in [4.78, 5) is 11.6. The lowest BCUT2D eigenvalue weighted by molar-refractivity contribution is -0.124. The zero-order valence-electron chi connectivity index (χ0n) is 10.8. The molecular weight excluding hydrogens is 257 g/mol. The molecule has 0 amide bonds. The fourth-order valence-electron chi connectivity index (χ4n) is 1.58. The molecule has 1 aromatic rings. The van der Waals surface area contributed by atoms with Crippen LogP contribution in [0.5, 0.6) is 0 Å². The van der Waals surface area contributed by atoms with E-state index >= 15 is 0 Å². The zero-order chi connectivity index (χ0) is 14.5. The Bertz CT molecular complexity index is 476. The van der Waals surface area contributed by atoms with Crippen LogP contribution in [0.3, 0.4) is 0 Å². The maximum atomic E-state index is 12.0. The van der Waals surface area contributed by atoms with Gasteiger partial charge in [-0.05, 0) is 31.0 Å². The highest BCUT2D eigenvalue weighted by molar-refractivity contribution is 5.92. The van der Waals surface area contributed by atoms with E-state index in [0.717, 1.165) is 6.08 Å². The predicted molar refractivity (Wildman–Crippen MR) is 66.8 cm³/mol. The Hall–Kier alpha value is -1.78. The molecule has 5 heteroatoms. The van der Waals surface area contributed by atoms with Crippen LogP contribution < -0.4 is 0 Å². The van der Waals surface area contributed by atoms with E-state index in [9.17, 15) is 18.0 Å². The van der Waals surface area contributed by atoms with Crippen molar-refractivity contribution in [3.63, 3.8) is 0 Å². The lowest BCUT2D eigenvalue weighted by Crippen LogP contribution is -2.07. The van der Waals surface area contributed by atoms with E-state index < -0.39 is 18.6 Å². The van der Waals surface area contributed by atoms with Gasteiger partial charge >= 0.3 is 12.1 Å². The van der Waals surface area contributed by atoms with Crippen LogP contribution in [0.1, 0.15) is 34.8 Å². The smallest absolute Gasteiger partial charge is 0.392 e. The molecular formula is C14H15F3O2. The minimum Gasteiger partial charge on any atom is -0.462 e. The van der Waals surface area contributed by atoms with Gasteiger partial charge in [-0.2, -0.15) is 13.2 Å². The molecule has 1 rings (SSSR count). The molecule has 104 valence electrons. The molecule has 0 saturated carbocycles. The highest BCUT2D eigenvalue weighted by Crippen LogP contribution is 2.22. The predicted octanol–water partition coefficient (Wildman–Crippen LogP) is 4.14. The fourth-order valence-corrected chi connectivity index (χ4v) is 1.58. The Morgan fingerprint density at radius 1 is 1.37 bits per heavy atom. The van der Waals surface area contributed by atoms with Crippen molar-refractivity contribution in [2.45, 2.75) is 26.4 Å². The van der Waals surface area contributed by atoms with E-state index in [-0.39, 0.29) is 6.61 Å². The van der Waals surface area contributed by atoms with Gasteiger partial charge in [-0.1, -0.05) is 24.3 Å². The number of benzene rings is 1. The molecule has 19 heavy (non-hydrogen) atoms. The minimum atomic E-state index is -4.22. The SMILES string of the molecule is CCOC(=O)c1cccc(/C=C/CC(F)(F)F)c1C. The number of carbonyl (C=O) groups is 1. The third-order valence-electron chi connectivity index (χ3n) is 2.52. The molecule has 0 spiro atoms. The van der Waals surface area contributed by atoms with Gasteiger partial charge in [-0.25, -0.2) is 4.79 Å². The summed E-state index contributed by atoms with van der Waals surface area (Å²) >= 11 is 0. The summed E-state index contributed by atoms with van der Waals surface area (Å²) in [7, 11) is 0. The number of alkyl halides is 3. The molecule has 1 aromatic carbocycles. The lowest BCUT2D eigenvalue weighted by Gasteiger charge is -2.08. The molecule has 0 saturated heterocycles. The summed E-state index contributed by atoms with van der Waals surface area (Å²) in [5, 5.41) is 0. The van der Waals surface area contributed by atoms with Gasteiger partial charge in [0.25, 0.3) is 0 Å². The van der Waals surface area contributed by atoms with Gasteiger partial charge in [0.2, 0.25) is 0 Å². The van der Waals surface area contributed by atoms with E-state index in [1.54, 1.807) is 32.0 Å². The van der Waals surface area contributed by atoms with E-state index in [1.165, 1.54) is 6.08 Å². The maximum absolute atomic E-state index is 12.0. The highest BCUT2D eigenvalue weighted by Gasteiger charge is 2.24. The Morgan fingerprint density at radius 3 is 2.63 bits per heavy atom. The average molecular weight is 272 g/mol. The van der Waals surface area contributed by atoms with Gasteiger partial charge in [-0.3, -0.25) is 0 Å². The normalized spacial score (nSPS) is 11.8. The monoisotopic (exact) mass is 272 g/mol. The number of ether oxygens (including phenoxy) is 1. The van der Waals surface area contributed by atoms with Crippen LogP contribution in [-0.2, 0) is 4.74 Å². The molecule has 0 radical (unpaired) electrons. The topological polar surface area (TPSA) is 26.3 Å². The van der Waals surface area contributed by atoms with Crippen molar-refractivity contribution in [2.24, 2.45) is 0 Å². The number of carbonyl (C=O) groups excluding carboxylic acids is 1. The zero-order valence-corrected chi connectivity index (χ0v) is 10.8. The third-order valence-corrected chi connectivity index (χ3v) is 2.52. The molecule has 0 aliphatic rings. The van der Waals surface area contributed by atoms with Crippen molar-refractivity contribution in [3.05, 3.63) is 41.0 Å². The van der Waals surface area contributed by atoms with Crippen molar-refractivity contribution in [1.29, 1.82) is 0 Å². The second-order valence-electron chi connectivity index (χ2n) is 3.96. The van der Waals surface area contributed by atoms with Crippen LogP contribution in [0.25, 0.3) is 6.08 Å². The van der Waals surface area contributed by atoms with Crippen molar-refractivity contribution in [2.75, 3.05) is 6.61 Å². The molecule has 0 aliphatic heterocycles. The number of hydrogen-bond acceptors (Lipinski definition) is 2. The average Bonchev–Trinajstić information content (AvgIpc) is 2.30. The van der Waals surface area contributed by atoms with Crippen molar-refractivity contribution < 1.29 is 22.7 Å². The van der Waals surface area contributed by atoms with Crippen molar-refractivity contribution in [3.8, 4) is 0 Å².